The highest BCUT2D eigenvalue weighted by molar-refractivity contribution is 7.99. The Morgan fingerprint density at radius 3 is 2.20 bits per heavy atom. The zero-order valence-electron chi connectivity index (χ0n) is 38.8. The van der Waals surface area contributed by atoms with Crippen molar-refractivity contribution in [2.24, 2.45) is 7.05 Å². The Labute approximate surface area is 413 Å². The number of benzene rings is 5. The van der Waals surface area contributed by atoms with Gasteiger partial charge < -0.3 is 29.7 Å². The number of nitro benzene ring substituents is 1. The first kappa shape index (κ1) is 50.0. The van der Waals surface area contributed by atoms with Crippen molar-refractivity contribution in [2.75, 3.05) is 90.5 Å². The standard InChI is InChI=1S/C50H55FN8O8S3/c1-35-47(50(60)52-34-69(63)64)48(49(55(35)2)36-11-13-38(51)14-12-36)37-7-6-8-42(31-37)58-25-23-57(24-26-58)41-17-15-39(16-18-41)54-70(65,66)44-19-20-45(46(32-44)59(61)62)53-40(21-22-56-27-29-67-30-28-56)33-68-43-9-4-3-5-10-43/h3-20,31-32,40,53-54,69H,21-30,33-34H2,1-2H3,(H,52,60)/t40-/m1/s1. The minimum Gasteiger partial charge on any atom is -0.379 e. The molecule has 3 N–H and O–H groups in total. The summed E-state index contributed by atoms with van der Waals surface area (Å²) in [7, 11) is -5.25. The molecule has 0 spiro atoms. The number of ether oxygens (including phenoxy) is 1. The van der Waals surface area contributed by atoms with Crippen molar-refractivity contribution in [3.8, 4) is 22.4 Å². The molecule has 16 nitrogen and oxygen atoms in total. The van der Waals surface area contributed by atoms with Gasteiger partial charge in [-0.3, -0.25) is 24.5 Å². The number of piperazine rings is 1. The number of carbonyl (C=O) groups is 1. The van der Waals surface area contributed by atoms with Crippen LogP contribution < -0.4 is 25.2 Å². The number of hydrogen-bond donors (Lipinski definition) is 4. The molecule has 6 aromatic rings. The molecule has 5 aromatic carbocycles. The summed E-state index contributed by atoms with van der Waals surface area (Å²) in [5, 5.41) is 18.3. The van der Waals surface area contributed by atoms with E-state index in [9.17, 15) is 36.1 Å². The first-order valence-electron chi connectivity index (χ1n) is 22.9. The quantitative estimate of drug-likeness (QED) is 0.0272. The second-order valence-corrected chi connectivity index (χ2v) is 20.8. The van der Waals surface area contributed by atoms with E-state index in [1.807, 2.05) is 78.3 Å². The van der Waals surface area contributed by atoms with Crippen LogP contribution in [0.2, 0.25) is 0 Å². The number of carbonyl (C=O) groups excluding carboxylic acids is 1. The topological polar surface area (TPSA) is 188 Å². The molecule has 70 heavy (non-hydrogen) atoms. The van der Waals surface area contributed by atoms with E-state index in [4.69, 9.17) is 4.74 Å². The molecule has 8 rings (SSSR count). The first-order chi connectivity index (χ1) is 33.7. The number of nitrogens with one attached hydrogen (secondary N) is 3. The van der Waals surface area contributed by atoms with Gasteiger partial charge in [0, 0.05) is 104 Å². The molecular weight excluding hydrogens is 956 g/mol. The van der Waals surface area contributed by atoms with Crippen LogP contribution in [-0.2, 0) is 32.5 Å². The highest BCUT2D eigenvalue weighted by Gasteiger charge is 2.28. The van der Waals surface area contributed by atoms with Gasteiger partial charge in [0.15, 0.2) is 10.7 Å². The molecule has 0 unspecified atom stereocenters. The molecule has 1 amide bonds. The summed E-state index contributed by atoms with van der Waals surface area (Å²) in [6.07, 6.45) is 0.719. The normalized spacial score (nSPS) is 14.9. The summed E-state index contributed by atoms with van der Waals surface area (Å²) in [6.45, 7) is 8.12. The fourth-order valence-corrected chi connectivity index (χ4v) is 11.2. The van der Waals surface area contributed by atoms with Crippen LogP contribution in [0, 0.1) is 22.9 Å². The van der Waals surface area contributed by atoms with E-state index in [1.54, 1.807) is 43.0 Å². The predicted octanol–water partition coefficient (Wildman–Crippen LogP) is 7.44. The summed E-state index contributed by atoms with van der Waals surface area (Å²) in [4.78, 5) is 33.0. The lowest BCUT2D eigenvalue weighted by Crippen LogP contribution is -2.46. The minimum absolute atomic E-state index is 0.143. The van der Waals surface area contributed by atoms with Crippen LogP contribution in [0.4, 0.5) is 32.8 Å². The number of thiol groups is 1. The number of sulfonamides is 1. The third-order valence-electron chi connectivity index (χ3n) is 12.6. The van der Waals surface area contributed by atoms with Crippen molar-refractivity contribution in [1.82, 2.24) is 14.8 Å². The van der Waals surface area contributed by atoms with E-state index in [0.717, 1.165) is 54.0 Å². The molecule has 2 aliphatic rings. The van der Waals surface area contributed by atoms with Gasteiger partial charge in [-0.15, -0.1) is 11.8 Å². The summed E-state index contributed by atoms with van der Waals surface area (Å²) < 4.78 is 74.2. The van der Waals surface area contributed by atoms with Crippen molar-refractivity contribution >= 4 is 66.8 Å². The lowest BCUT2D eigenvalue weighted by Gasteiger charge is -2.37. The van der Waals surface area contributed by atoms with E-state index in [1.165, 1.54) is 24.3 Å². The van der Waals surface area contributed by atoms with Gasteiger partial charge in [-0.2, -0.15) is 0 Å². The van der Waals surface area contributed by atoms with Crippen LogP contribution in [0.5, 0.6) is 0 Å². The summed E-state index contributed by atoms with van der Waals surface area (Å²) >= 11 is 1.65. The van der Waals surface area contributed by atoms with Gasteiger partial charge in [0.2, 0.25) is 0 Å². The maximum atomic E-state index is 14.0. The number of rotatable bonds is 19. The molecule has 0 radical (unpaired) electrons. The number of morpholine rings is 1. The lowest BCUT2D eigenvalue weighted by atomic mass is 9.96. The second-order valence-electron chi connectivity index (χ2n) is 17.1. The molecular formula is C50H55FN8O8S3. The largest absolute Gasteiger partial charge is 0.379 e. The van der Waals surface area contributed by atoms with Crippen LogP contribution in [-0.4, -0.2) is 114 Å². The average molecular weight is 1010 g/mol. The predicted molar refractivity (Wildman–Crippen MR) is 275 cm³/mol. The monoisotopic (exact) mass is 1010 g/mol. The van der Waals surface area contributed by atoms with Gasteiger partial charge >= 0.3 is 0 Å². The van der Waals surface area contributed by atoms with E-state index in [2.05, 4.69) is 30.1 Å². The van der Waals surface area contributed by atoms with E-state index >= 15 is 0 Å². The number of aromatic nitrogens is 1. The van der Waals surface area contributed by atoms with Gasteiger partial charge in [0.25, 0.3) is 21.6 Å². The fraction of sp³-hybridized carbons (Fsp3) is 0.300. The third kappa shape index (κ3) is 12.1. The Balaban J connectivity index is 0.930. The molecule has 1 aromatic heterocycles. The number of nitro groups is 1. The Bertz CT molecular complexity index is 2990. The molecule has 0 aliphatic carbocycles. The number of hydrogen-bond acceptors (Lipinski definition) is 13. The molecule has 0 saturated carbocycles. The average Bonchev–Trinajstić information content (AvgIpc) is 3.64. The van der Waals surface area contributed by atoms with Gasteiger partial charge in [-0.25, -0.2) is 21.2 Å². The smallest absolute Gasteiger partial charge is 0.293 e. The summed E-state index contributed by atoms with van der Waals surface area (Å²) in [5.74, 6) is -0.799. The number of amides is 1. The molecule has 3 heterocycles. The number of thioether (sulfide) groups is 1. The zero-order valence-corrected chi connectivity index (χ0v) is 41.3. The molecule has 20 heteroatoms. The maximum Gasteiger partial charge on any atom is 0.293 e. The molecule has 2 fully saturated rings. The van der Waals surface area contributed by atoms with Crippen molar-refractivity contribution < 1.29 is 35.7 Å². The van der Waals surface area contributed by atoms with E-state index < -0.39 is 43.3 Å². The SMILES string of the molecule is Cc1c(C(=O)NC[SH](=O)=O)c(-c2cccc(N3CCN(c4ccc(NS(=O)(=O)c5ccc(N[C@H](CCN6CCOCC6)CSc6ccccc6)c([N+](=O)[O-])c5)cc4)CC3)c2)c(-c2ccc(F)cc2)n1C. The number of halogens is 1. The highest BCUT2D eigenvalue weighted by Crippen LogP contribution is 2.40. The number of nitrogens with zero attached hydrogens (tertiary/aromatic N) is 5. The van der Waals surface area contributed by atoms with Crippen LogP contribution in [0.15, 0.2) is 131 Å². The maximum absolute atomic E-state index is 14.0. The van der Waals surface area contributed by atoms with Crippen molar-refractivity contribution in [3.63, 3.8) is 0 Å². The van der Waals surface area contributed by atoms with Crippen LogP contribution in [0.3, 0.4) is 0 Å². The molecule has 0 bridgehead atoms. The molecule has 2 aliphatic heterocycles. The number of anilines is 4. The van der Waals surface area contributed by atoms with Crippen molar-refractivity contribution in [1.29, 1.82) is 0 Å². The van der Waals surface area contributed by atoms with Gasteiger partial charge in [0.1, 0.15) is 17.4 Å². The Kier molecular flexibility index (Phi) is 16.1. The minimum atomic E-state index is -4.21. The Morgan fingerprint density at radius 2 is 1.53 bits per heavy atom. The molecule has 2 saturated heterocycles. The van der Waals surface area contributed by atoms with Gasteiger partial charge in [0.05, 0.1) is 34.3 Å². The zero-order chi connectivity index (χ0) is 49.4. The fourth-order valence-electron chi connectivity index (χ4n) is 8.81. The first-order valence-corrected chi connectivity index (χ1v) is 26.7. The van der Waals surface area contributed by atoms with E-state index in [-0.39, 0.29) is 22.3 Å². The molecule has 368 valence electrons. The summed E-state index contributed by atoms with van der Waals surface area (Å²) in [5.41, 5.74) is 5.66. The summed E-state index contributed by atoms with van der Waals surface area (Å²) in [6, 6.07) is 34.5. The van der Waals surface area contributed by atoms with Gasteiger partial charge in [-0.05, 0) is 109 Å². The van der Waals surface area contributed by atoms with Gasteiger partial charge in [-0.1, -0.05) is 30.3 Å². The lowest BCUT2D eigenvalue weighted by molar-refractivity contribution is -0.384. The van der Waals surface area contributed by atoms with Crippen molar-refractivity contribution in [2.45, 2.75) is 29.2 Å². The highest BCUT2D eigenvalue weighted by atomic mass is 32.2. The Morgan fingerprint density at radius 1 is 0.843 bits per heavy atom. The Hall–Kier alpha value is -6.45. The third-order valence-corrected chi connectivity index (χ3v) is 15.6. The molecule has 1 atom stereocenters. The van der Waals surface area contributed by atoms with E-state index in [0.29, 0.717) is 78.9 Å². The second kappa shape index (κ2) is 22.5. The van der Waals surface area contributed by atoms with Crippen LogP contribution in [0.1, 0.15) is 22.5 Å². The van der Waals surface area contributed by atoms with Crippen LogP contribution in [0.25, 0.3) is 22.4 Å². The van der Waals surface area contributed by atoms with Crippen LogP contribution >= 0.6 is 11.8 Å². The van der Waals surface area contributed by atoms with Crippen molar-refractivity contribution in [3.05, 3.63) is 149 Å².